The minimum Gasteiger partial charge on any atom is -0.488 e. The van der Waals surface area contributed by atoms with Crippen LogP contribution in [0.25, 0.3) is 17.2 Å². The number of hydrogen-bond donors (Lipinski definition) is 0. The Hall–Kier alpha value is -4.73. The Balaban J connectivity index is 1.25. The summed E-state index contributed by atoms with van der Waals surface area (Å²) in [5.41, 5.74) is 8.10. The van der Waals surface area contributed by atoms with Gasteiger partial charge in [0.05, 0.1) is 11.6 Å². The first-order valence-corrected chi connectivity index (χ1v) is 15.4. The third-order valence-electron chi connectivity index (χ3n) is 8.39. The smallest absolute Gasteiger partial charge is 0.161 e. The largest absolute Gasteiger partial charge is 0.488 e. The van der Waals surface area contributed by atoms with E-state index in [1.54, 1.807) is 6.07 Å². The van der Waals surface area contributed by atoms with Crippen LogP contribution in [0.5, 0.6) is 23.0 Å². The molecule has 2 heterocycles. The van der Waals surface area contributed by atoms with E-state index < -0.39 is 0 Å². The molecule has 0 aliphatic carbocycles. The van der Waals surface area contributed by atoms with Crippen LogP contribution >= 0.6 is 0 Å². The average Bonchev–Trinajstić information content (AvgIpc) is 3.07. The van der Waals surface area contributed by atoms with E-state index in [2.05, 4.69) is 54.8 Å². The molecule has 0 unspecified atom stereocenters. The van der Waals surface area contributed by atoms with E-state index in [0.29, 0.717) is 32.0 Å². The molecule has 1 fully saturated rings. The molecular weight excluding hydrogens is 548 g/mol. The third-order valence-corrected chi connectivity index (χ3v) is 8.39. The van der Waals surface area contributed by atoms with Gasteiger partial charge in [0.15, 0.2) is 11.5 Å². The summed E-state index contributed by atoms with van der Waals surface area (Å²) in [6.07, 6.45) is 5.58. The van der Waals surface area contributed by atoms with Gasteiger partial charge >= 0.3 is 0 Å². The molecule has 4 aromatic carbocycles. The molecule has 0 amide bonds. The summed E-state index contributed by atoms with van der Waals surface area (Å²) >= 11 is 0. The van der Waals surface area contributed by atoms with Crippen molar-refractivity contribution in [3.63, 3.8) is 0 Å². The molecule has 6 rings (SSSR count). The number of hydrogen-bond acceptors (Lipinski definition) is 6. The van der Waals surface area contributed by atoms with Crippen molar-refractivity contribution in [1.29, 1.82) is 5.26 Å². The fourth-order valence-electron chi connectivity index (χ4n) is 5.94. The number of fused-ring (bicyclic) bond motifs is 1. The molecule has 1 saturated heterocycles. The standard InChI is InChI=1S/C38H38N2O4/c1-3-30-20-33(24-40-15-5-4-6-16-40)37(43-25-29-10-7-9-28(19-29)23-39)22-36(30)44-26-32-11-8-12-34(27(32)2)31-13-14-35-38(21-31)42-18-17-41-35/h3,7-14,19-22H,1,4-6,15-18,24-26H2,2H3. The van der Waals surface area contributed by atoms with Crippen LogP contribution in [-0.2, 0) is 19.8 Å². The van der Waals surface area contributed by atoms with E-state index in [9.17, 15) is 5.26 Å². The summed E-state index contributed by atoms with van der Waals surface area (Å²) in [7, 11) is 0. The van der Waals surface area contributed by atoms with Crippen LogP contribution in [0.15, 0.2) is 79.4 Å². The summed E-state index contributed by atoms with van der Waals surface area (Å²) < 4.78 is 24.5. The maximum atomic E-state index is 9.34. The summed E-state index contributed by atoms with van der Waals surface area (Å²) in [5.74, 6) is 3.09. The minimum absolute atomic E-state index is 0.367. The van der Waals surface area contributed by atoms with Crippen molar-refractivity contribution < 1.29 is 18.9 Å². The lowest BCUT2D eigenvalue weighted by molar-refractivity contribution is 0.171. The summed E-state index contributed by atoms with van der Waals surface area (Å²) in [5, 5.41) is 9.34. The molecule has 44 heavy (non-hydrogen) atoms. The van der Waals surface area contributed by atoms with Crippen molar-refractivity contribution >= 4 is 6.08 Å². The number of piperidine rings is 1. The van der Waals surface area contributed by atoms with Gasteiger partial charge in [-0.2, -0.15) is 5.26 Å². The van der Waals surface area contributed by atoms with Crippen LogP contribution in [0.3, 0.4) is 0 Å². The van der Waals surface area contributed by atoms with Crippen LogP contribution in [0.1, 0.15) is 52.6 Å². The molecule has 0 radical (unpaired) electrons. The molecule has 0 N–H and O–H groups in total. The number of nitriles is 1. The Kier molecular flexibility index (Phi) is 9.14. The summed E-state index contributed by atoms with van der Waals surface area (Å²) in [4.78, 5) is 2.49. The zero-order chi connectivity index (χ0) is 30.3. The van der Waals surface area contributed by atoms with Gasteiger partial charge in [-0.1, -0.05) is 55.5 Å². The van der Waals surface area contributed by atoms with E-state index in [-0.39, 0.29) is 0 Å². The monoisotopic (exact) mass is 586 g/mol. The van der Waals surface area contributed by atoms with Crippen LogP contribution in [0.4, 0.5) is 0 Å². The Morgan fingerprint density at radius 1 is 0.841 bits per heavy atom. The molecule has 0 saturated carbocycles. The highest BCUT2D eigenvalue weighted by Crippen LogP contribution is 2.37. The van der Waals surface area contributed by atoms with E-state index in [4.69, 9.17) is 18.9 Å². The van der Waals surface area contributed by atoms with E-state index in [1.165, 1.54) is 19.3 Å². The van der Waals surface area contributed by atoms with Gasteiger partial charge < -0.3 is 18.9 Å². The van der Waals surface area contributed by atoms with Gasteiger partial charge in [0.1, 0.15) is 37.9 Å². The molecule has 4 aromatic rings. The average molecular weight is 587 g/mol. The first kappa shape index (κ1) is 29.3. The second kappa shape index (κ2) is 13.7. The third kappa shape index (κ3) is 6.74. The second-order valence-corrected chi connectivity index (χ2v) is 11.4. The molecule has 0 spiro atoms. The summed E-state index contributed by atoms with van der Waals surface area (Å²) in [6.45, 7) is 11.1. The van der Waals surface area contributed by atoms with Crippen LogP contribution < -0.4 is 18.9 Å². The first-order valence-electron chi connectivity index (χ1n) is 15.4. The predicted octanol–water partition coefficient (Wildman–Crippen LogP) is 8.09. The SMILES string of the molecule is C=Cc1cc(CN2CCCCC2)c(OCc2cccc(C#N)c2)cc1OCc1cccc(-c2ccc3c(c2)OCCO3)c1C. The van der Waals surface area contributed by atoms with Crippen molar-refractivity contribution in [1.82, 2.24) is 4.90 Å². The van der Waals surface area contributed by atoms with E-state index >= 15 is 0 Å². The lowest BCUT2D eigenvalue weighted by Crippen LogP contribution is -2.29. The maximum absolute atomic E-state index is 9.34. The Morgan fingerprint density at radius 2 is 1.64 bits per heavy atom. The lowest BCUT2D eigenvalue weighted by Gasteiger charge is -2.27. The fraction of sp³-hybridized carbons (Fsp3) is 0.289. The van der Waals surface area contributed by atoms with E-state index in [1.807, 2.05) is 42.5 Å². The van der Waals surface area contributed by atoms with Gasteiger partial charge in [-0.25, -0.2) is 0 Å². The molecule has 0 atom stereocenters. The lowest BCUT2D eigenvalue weighted by atomic mass is 9.96. The van der Waals surface area contributed by atoms with Crippen LogP contribution in [-0.4, -0.2) is 31.2 Å². The van der Waals surface area contributed by atoms with Crippen molar-refractivity contribution in [3.05, 3.63) is 113 Å². The fourth-order valence-corrected chi connectivity index (χ4v) is 5.94. The van der Waals surface area contributed by atoms with Crippen molar-refractivity contribution in [2.45, 2.75) is 45.9 Å². The van der Waals surface area contributed by atoms with Gasteiger partial charge in [0.25, 0.3) is 0 Å². The quantitative estimate of drug-likeness (QED) is 0.187. The highest BCUT2D eigenvalue weighted by molar-refractivity contribution is 5.71. The van der Waals surface area contributed by atoms with Crippen molar-refractivity contribution in [3.8, 4) is 40.2 Å². The summed E-state index contributed by atoms with van der Waals surface area (Å²) in [6, 6.07) is 26.3. The van der Waals surface area contributed by atoms with Gasteiger partial charge in [-0.15, -0.1) is 0 Å². The molecule has 2 aliphatic heterocycles. The zero-order valence-electron chi connectivity index (χ0n) is 25.3. The number of likely N-dealkylation sites (tertiary alicyclic amines) is 1. The van der Waals surface area contributed by atoms with Gasteiger partial charge in [0.2, 0.25) is 0 Å². The molecule has 6 heteroatoms. The topological polar surface area (TPSA) is 64.0 Å². The van der Waals surface area contributed by atoms with E-state index in [0.717, 1.165) is 81.6 Å². The van der Waals surface area contributed by atoms with Gasteiger partial charge in [-0.3, -0.25) is 4.90 Å². The maximum Gasteiger partial charge on any atom is 0.161 e. The molecule has 0 bridgehead atoms. The second-order valence-electron chi connectivity index (χ2n) is 11.4. The number of rotatable bonds is 10. The molecule has 0 aromatic heterocycles. The Morgan fingerprint density at radius 3 is 2.45 bits per heavy atom. The van der Waals surface area contributed by atoms with Crippen LogP contribution in [0, 0.1) is 18.3 Å². The number of nitrogens with zero attached hydrogens (tertiary/aromatic N) is 2. The molecule has 6 nitrogen and oxygen atoms in total. The Bertz CT molecular complexity index is 1680. The molecular formula is C38H38N2O4. The highest BCUT2D eigenvalue weighted by Gasteiger charge is 2.18. The zero-order valence-corrected chi connectivity index (χ0v) is 25.3. The van der Waals surface area contributed by atoms with Crippen molar-refractivity contribution in [2.24, 2.45) is 0 Å². The van der Waals surface area contributed by atoms with Gasteiger partial charge in [-0.05, 0) is 91.0 Å². The minimum atomic E-state index is 0.367. The van der Waals surface area contributed by atoms with Gasteiger partial charge in [0, 0.05) is 23.7 Å². The number of ether oxygens (including phenoxy) is 4. The molecule has 224 valence electrons. The first-order chi connectivity index (χ1) is 21.6. The van der Waals surface area contributed by atoms with Crippen molar-refractivity contribution in [2.75, 3.05) is 26.3 Å². The Labute approximate surface area is 260 Å². The normalized spacial score (nSPS) is 14.5. The predicted molar refractivity (Wildman–Crippen MR) is 173 cm³/mol. The molecule has 2 aliphatic rings. The highest BCUT2D eigenvalue weighted by atomic mass is 16.6. The van der Waals surface area contributed by atoms with Crippen LogP contribution in [0.2, 0.25) is 0 Å². The number of benzene rings is 4.